The van der Waals surface area contributed by atoms with E-state index in [2.05, 4.69) is 25.3 Å². The van der Waals surface area contributed by atoms with E-state index in [1.165, 1.54) is 35.9 Å². The number of thiazole rings is 1. The van der Waals surface area contributed by atoms with Crippen LogP contribution in [0.4, 0.5) is 13.9 Å². The van der Waals surface area contributed by atoms with E-state index in [1.807, 2.05) is 6.92 Å². The molecule has 4 aromatic rings. The highest BCUT2D eigenvalue weighted by Gasteiger charge is 2.21. The number of pyridine rings is 1. The Kier molecular flexibility index (Phi) is 6.58. The third kappa shape index (κ3) is 4.97. The van der Waals surface area contributed by atoms with Gasteiger partial charge in [0, 0.05) is 28.4 Å². The number of alkyl halides is 2. The molecule has 4 N–H and O–H groups in total. The zero-order chi connectivity index (χ0) is 23.5. The van der Waals surface area contributed by atoms with Gasteiger partial charge in [-0.1, -0.05) is 0 Å². The topological polar surface area (TPSA) is 133 Å². The summed E-state index contributed by atoms with van der Waals surface area (Å²) >= 11 is 1.32. The van der Waals surface area contributed by atoms with Crippen molar-refractivity contribution < 1.29 is 28.5 Å². The van der Waals surface area contributed by atoms with Gasteiger partial charge in [0.05, 0.1) is 23.9 Å². The molecule has 0 spiro atoms. The van der Waals surface area contributed by atoms with Gasteiger partial charge < -0.3 is 19.9 Å². The van der Waals surface area contributed by atoms with Crippen molar-refractivity contribution in [1.82, 2.24) is 19.9 Å². The summed E-state index contributed by atoms with van der Waals surface area (Å²) in [6.45, 7) is 1.11. The molecule has 0 aliphatic rings. The summed E-state index contributed by atoms with van der Waals surface area (Å²) in [6, 6.07) is 4.01. The lowest BCUT2D eigenvalue weighted by Gasteiger charge is -2.13. The van der Waals surface area contributed by atoms with E-state index in [4.69, 9.17) is 9.84 Å². The summed E-state index contributed by atoms with van der Waals surface area (Å²) in [5.74, 6) is -0.217. The molecule has 1 aromatic carbocycles. The second kappa shape index (κ2) is 9.57. The van der Waals surface area contributed by atoms with E-state index >= 15 is 0 Å². The van der Waals surface area contributed by atoms with Crippen molar-refractivity contribution in [1.29, 1.82) is 0 Å². The fourth-order valence-corrected chi connectivity index (χ4v) is 3.74. The molecule has 0 bridgehead atoms. The number of H-pyrrole nitrogens is 1. The monoisotopic (exact) mass is 475 g/mol. The Balaban J connectivity index is 1.67. The molecule has 1 atom stereocenters. The number of carbonyl (C=O) groups excluding carboxylic acids is 1. The minimum atomic E-state index is -2.84. The normalized spacial score (nSPS) is 12.3. The fourth-order valence-electron chi connectivity index (χ4n) is 3.08. The number of imidazole rings is 1. The smallest absolute Gasteiger partial charge is 0.264 e. The predicted octanol–water partition coefficient (Wildman–Crippen LogP) is 3.31. The van der Waals surface area contributed by atoms with Gasteiger partial charge in [-0.15, -0.1) is 11.3 Å². The average molecular weight is 475 g/mol. The quantitative estimate of drug-likeness (QED) is 0.307. The maximum atomic E-state index is 13.8. The number of carbonyl (C=O) groups is 1. The number of nitrogens with zero attached hydrogens (tertiary/aromatic N) is 3. The summed E-state index contributed by atoms with van der Waals surface area (Å²) in [5.41, 5.74) is 0.646. The zero-order valence-electron chi connectivity index (χ0n) is 17.2. The predicted molar refractivity (Wildman–Crippen MR) is 118 cm³/mol. The summed E-state index contributed by atoms with van der Waals surface area (Å²) < 4.78 is 32.9. The molecular weight excluding hydrogens is 456 g/mol. The number of amides is 1. The first kappa shape index (κ1) is 22.7. The van der Waals surface area contributed by atoms with E-state index in [0.717, 1.165) is 10.9 Å². The molecule has 1 amide bonds. The Morgan fingerprint density at radius 2 is 2.12 bits per heavy atom. The van der Waals surface area contributed by atoms with E-state index < -0.39 is 25.0 Å². The lowest BCUT2D eigenvalue weighted by Crippen LogP contribution is -2.21. The lowest BCUT2D eigenvalue weighted by atomic mass is 10.1. The van der Waals surface area contributed by atoms with E-state index in [-0.39, 0.29) is 34.9 Å². The van der Waals surface area contributed by atoms with Crippen molar-refractivity contribution in [3.8, 4) is 17.1 Å². The number of fused-ring (bicyclic) bond motifs is 1. The summed E-state index contributed by atoms with van der Waals surface area (Å²) in [4.78, 5) is 29.1. The highest BCUT2D eigenvalue weighted by Crippen LogP contribution is 2.34. The van der Waals surface area contributed by atoms with Gasteiger partial charge in [-0.2, -0.15) is 0 Å². The maximum absolute atomic E-state index is 13.8. The number of aliphatic hydroxyl groups is 2. The van der Waals surface area contributed by atoms with Gasteiger partial charge in [0.25, 0.3) is 12.3 Å². The number of benzene rings is 1. The SMILES string of the molecule is Cc1cnc(NC(=O)c2cncc3nc(-c4ccc(OC[C@@H](O)CO)cc4C(F)F)[nH]c23)s1. The highest BCUT2D eigenvalue weighted by molar-refractivity contribution is 7.15. The molecule has 0 saturated heterocycles. The van der Waals surface area contributed by atoms with Crippen LogP contribution in [0.25, 0.3) is 22.4 Å². The first-order chi connectivity index (χ1) is 15.9. The molecule has 33 heavy (non-hydrogen) atoms. The summed E-state index contributed by atoms with van der Waals surface area (Å²) in [6.07, 6.45) is 0.457. The molecule has 0 unspecified atom stereocenters. The number of aromatic amines is 1. The van der Waals surface area contributed by atoms with E-state index in [0.29, 0.717) is 16.2 Å². The number of rotatable bonds is 8. The van der Waals surface area contributed by atoms with Crippen molar-refractivity contribution in [3.05, 3.63) is 52.8 Å². The fraction of sp³-hybridized carbons (Fsp3) is 0.238. The average Bonchev–Trinajstić information content (AvgIpc) is 3.42. The Labute approximate surface area is 190 Å². The van der Waals surface area contributed by atoms with Crippen LogP contribution < -0.4 is 10.1 Å². The van der Waals surface area contributed by atoms with Gasteiger partial charge in [0.2, 0.25) is 0 Å². The first-order valence-electron chi connectivity index (χ1n) is 9.77. The second-order valence-electron chi connectivity index (χ2n) is 7.09. The van der Waals surface area contributed by atoms with Crippen LogP contribution in [0.2, 0.25) is 0 Å². The van der Waals surface area contributed by atoms with Crippen LogP contribution in [0.5, 0.6) is 5.75 Å². The Hall–Kier alpha value is -3.48. The summed E-state index contributed by atoms with van der Waals surface area (Å²) in [5, 5.41) is 21.4. The van der Waals surface area contributed by atoms with Crippen LogP contribution in [-0.4, -0.2) is 55.4 Å². The number of aliphatic hydroxyl groups excluding tert-OH is 2. The highest BCUT2D eigenvalue weighted by atomic mass is 32.1. The first-order valence-corrected chi connectivity index (χ1v) is 10.6. The number of anilines is 1. The third-order valence-corrected chi connectivity index (χ3v) is 5.48. The van der Waals surface area contributed by atoms with Crippen molar-refractivity contribution in [2.75, 3.05) is 18.5 Å². The van der Waals surface area contributed by atoms with Crippen molar-refractivity contribution >= 4 is 33.4 Å². The molecule has 0 aliphatic heterocycles. The molecule has 3 heterocycles. The standard InChI is InChI=1S/C21H19F2N5O4S/c1-10-5-25-21(33-10)28-20(31)15-6-24-7-16-17(15)27-19(26-16)13-3-2-12(4-14(13)18(22)23)32-9-11(30)8-29/h2-7,11,18,29-30H,8-9H2,1H3,(H,26,27)(H,25,28,31)/t11-/m0/s1. The molecule has 9 nitrogen and oxygen atoms in total. The lowest BCUT2D eigenvalue weighted by molar-refractivity contribution is 0.0534. The number of halogens is 2. The van der Waals surface area contributed by atoms with Crippen LogP contribution >= 0.6 is 11.3 Å². The molecular formula is C21H19F2N5O4S. The van der Waals surface area contributed by atoms with Gasteiger partial charge in [-0.25, -0.2) is 18.7 Å². The van der Waals surface area contributed by atoms with Crippen molar-refractivity contribution in [2.45, 2.75) is 19.5 Å². The molecule has 4 rings (SSSR count). The summed E-state index contributed by atoms with van der Waals surface area (Å²) in [7, 11) is 0. The van der Waals surface area contributed by atoms with Gasteiger partial charge in [-0.3, -0.25) is 15.1 Å². The molecule has 12 heteroatoms. The van der Waals surface area contributed by atoms with Gasteiger partial charge >= 0.3 is 0 Å². The second-order valence-corrected chi connectivity index (χ2v) is 8.33. The number of ether oxygens (including phenoxy) is 1. The van der Waals surface area contributed by atoms with E-state index in [9.17, 15) is 18.7 Å². The Morgan fingerprint density at radius 3 is 2.82 bits per heavy atom. The Morgan fingerprint density at radius 1 is 1.30 bits per heavy atom. The zero-order valence-corrected chi connectivity index (χ0v) is 18.1. The largest absolute Gasteiger partial charge is 0.491 e. The molecule has 3 aromatic heterocycles. The van der Waals surface area contributed by atoms with Crippen LogP contribution in [-0.2, 0) is 0 Å². The minimum absolute atomic E-state index is 0.109. The van der Waals surface area contributed by atoms with Gasteiger partial charge in [0.15, 0.2) is 5.13 Å². The van der Waals surface area contributed by atoms with Crippen LogP contribution in [0.3, 0.4) is 0 Å². The van der Waals surface area contributed by atoms with E-state index in [1.54, 1.807) is 6.20 Å². The minimum Gasteiger partial charge on any atom is -0.491 e. The third-order valence-electron chi connectivity index (χ3n) is 4.65. The van der Waals surface area contributed by atoms with Crippen molar-refractivity contribution in [2.24, 2.45) is 0 Å². The van der Waals surface area contributed by atoms with Crippen LogP contribution in [0.15, 0.2) is 36.8 Å². The van der Waals surface area contributed by atoms with Crippen LogP contribution in [0.1, 0.15) is 27.2 Å². The number of aromatic nitrogens is 4. The number of nitrogens with one attached hydrogen (secondary N) is 2. The maximum Gasteiger partial charge on any atom is 0.264 e. The molecule has 0 fully saturated rings. The molecule has 0 radical (unpaired) electrons. The Bertz CT molecular complexity index is 1290. The van der Waals surface area contributed by atoms with Gasteiger partial charge in [0.1, 0.15) is 29.8 Å². The van der Waals surface area contributed by atoms with Gasteiger partial charge in [-0.05, 0) is 25.1 Å². The molecule has 0 saturated carbocycles. The molecule has 0 aliphatic carbocycles. The number of hydrogen-bond acceptors (Lipinski definition) is 8. The van der Waals surface area contributed by atoms with Crippen molar-refractivity contribution in [3.63, 3.8) is 0 Å². The van der Waals surface area contributed by atoms with Crippen LogP contribution in [0, 0.1) is 6.92 Å². The number of aryl methyl sites for hydroxylation is 1. The number of hydrogen-bond donors (Lipinski definition) is 4. The molecule has 172 valence electrons.